The van der Waals surface area contributed by atoms with E-state index in [9.17, 15) is 14.4 Å². The lowest BCUT2D eigenvalue weighted by molar-refractivity contribution is -0.145. The molecular formula is C19H24N4O4. The molecule has 3 amide bonds. The second kappa shape index (κ2) is 8.66. The number of ether oxygens (including phenoxy) is 1. The normalized spacial score (nSPS) is 17.4. The van der Waals surface area contributed by atoms with Gasteiger partial charge in [-0.3, -0.25) is 14.4 Å². The van der Waals surface area contributed by atoms with E-state index in [0.717, 1.165) is 17.0 Å². The van der Waals surface area contributed by atoms with Crippen molar-refractivity contribution in [1.82, 2.24) is 15.2 Å². The van der Waals surface area contributed by atoms with Gasteiger partial charge in [0.15, 0.2) is 0 Å². The molecule has 1 fully saturated rings. The molecule has 8 heteroatoms. The lowest BCUT2D eigenvalue weighted by Crippen LogP contribution is -2.51. The molecule has 2 aliphatic rings. The molecule has 2 aliphatic heterocycles. The third-order valence-electron chi connectivity index (χ3n) is 4.79. The molecule has 1 aromatic carbocycles. The summed E-state index contributed by atoms with van der Waals surface area (Å²) in [7, 11) is 1.61. The molecule has 1 aromatic rings. The summed E-state index contributed by atoms with van der Waals surface area (Å²) >= 11 is 0. The van der Waals surface area contributed by atoms with E-state index in [-0.39, 0.29) is 24.3 Å². The van der Waals surface area contributed by atoms with Crippen LogP contribution in [0.4, 0.5) is 0 Å². The Kier molecular flexibility index (Phi) is 6.05. The number of piperazine rings is 1. The number of methoxy groups -OCH3 is 1. The van der Waals surface area contributed by atoms with Gasteiger partial charge in [-0.1, -0.05) is 12.1 Å². The molecular weight excluding hydrogens is 348 g/mol. The van der Waals surface area contributed by atoms with Gasteiger partial charge in [0.1, 0.15) is 5.75 Å². The number of carbonyl (C=O) groups excluding carboxylic acids is 3. The van der Waals surface area contributed by atoms with Crippen LogP contribution in [0.3, 0.4) is 0 Å². The molecule has 0 radical (unpaired) electrons. The van der Waals surface area contributed by atoms with Crippen LogP contribution in [-0.2, 0) is 20.9 Å². The average molecular weight is 372 g/mol. The van der Waals surface area contributed by atoms with E-state index in [0.29, 0.717) is 45.3 Å². The number of nitrogens with zero attached hydrogens (tertiary/aromatic N) is 3. The first-order valence-electron chi connectivity index (χ1n) is 9.08. The van der Waals surface area contributed by atoms with Crippen LogP contribution in [0.2, 0.25) is 0 Å². The Balaban J connectivity index is 1.48. The van der Waals surface area contributed by atoms with Crippen LogP contribution in [0.5, 0.6) is 5.75 Å². The van der Waals surface area contributed by atoms with Gasteiger partial charge in [-0.05, 0) is 30.5 Å². The van der Waals surface area contributed by atoms with Crippen LogP contribution in [0, 0.1) is 0 Å². The van der Waals surface area contributed by atoms with Gasteiger partial charge < -0.3 is 14.5 Å². The number of hydrazone groups is 1. The van der Waals surface area contributed by atoms with Crippen LogP contribution in [0.1, 0.15) is 31.2 Å². The summed E-state index contributed by atoms with van der Waals surface area (Å²) in [6, 6.07) is 7.63. The maximum atomic E-state index is 12.4. The SMILES string of the molecule is COc1cccc(CN2CCN(C(=O)CCC3=NNC(=O)CC3)CC2=O)c1. The lowest BCUT2D eigenvalue weighted by atomic mass is 10.1. The van der Waals surface area contributed by atoms with E-state index < -0.39 is 0 Å². The van der Waals surface area contributed by atoms with Gasteiger partial charge in [0.25, 0.3) is 0 Å². The predicted octanol–water partition coefficient (Wildman–Crippen LogP) is 0.912. The van der Waals surface area contributed by atoms with Crippen molar-refractivity contribution in [1.29, 1.82) is 0 Å². The molecule has 0 saturated carbocycles. The summed E-state index contributed by atoms with van der Waals surface area (Å²) in [6.45, 7) is 1.65. The minimum Gasteiger partial charge on any atom is -0.497 e. The van der Waals surface area contributed by atoms with Crippen molar-refractivity contribution >= 4 is 23.4 Å². The first-order chi connectivity index (χ1) is 13.0. The monoisotopic (exact) mass is 372 g/mol. The van der Waals surface area contributed by atoms with Crippen molar-refractivity contribution in [3.63, 3.8) is 0 Å². The highest BCUT2D eigenvalue weighted by molar-refractivity contribution is 5.95. The summed E-state index contributed by atoms with van der Waals surface area (Å²) in [5.74, 6) is 0.557. The average Bonchev–Trinajstić information content (AvgIpc) is 2.69. The third kappa shape index (κ3) is 5.06. The van der Waals surface area contributed by atoms with Gasteiger partial charge in [-0.2, -0.15) is 5.10 Å². The summed E-state index contributed by atoms with van der Waals surface area (Å²) < 4.78 is 5.21. The van der Waals surface area contributed by atoms with Crippen LogP contribution >= 0.6 is 0 Å². The van der Waals surface area contributed by atoms with E-state index in [2.05, 4.69) is 10.5 Å². The lowest BCUT2D eigenvalue weighted by Gasteiger charge is -2.34. The Bertz CT molecular complexity index is 762. The highest BCUT2D eigenvalue weighted by Gasteiger charge is 2.27. The molecule has 0 bridgehead atoms. The summed E-state index contributed by atoms with van der Waals surface area (Å²) in [5, 5.41) is 3.98. The van der Waals surface area contributed by atoms with Crippen LogP contribution in [0.15, 0.2) is 29.4 Å². The van der Waals surface area contributed by atoms with E-state index in [1.807, 2.05) is 24.3 Å². The van der Waals surface area contributed by atoms with Crippen molar-refractivity contribution in [2.24, 2.45) is 5.10 Å². The fraction of sp³-hybridized carbons (Fsp3) is 0.474. The van der Waals surface area contributed by atoms with Crippen molar-refractivity contribution in [2.45, 2.75) is 32.2 Å². The maximum Gasteiger partial charge on any atom is 0.242 e. The number of carbonyl (C=O) groups is 3. The second-order valence-electron chi connectivity index (χ2n) is 6.70. The van der Waals surface area contributed by atoms with Crippen molar-refractivity contribution in [3.05, 3.63) is 29.8 Å². The number of amides is 3. The van der Waals surface area contributed by atoms with E-state index in [1.165, 1.54) is 0 Å². The number of hydrogen-bond donors (Lipinski definition) is 1. The maximum absolute atomic E-state index is 12.4. The smallest absolute Gasteiger partial charge is 0.242 e. The van der Waals surface area contributed by atoms with Crippen LogP contribution in [0.25, 0.3) is 0 Å². The summed E-state index contributed by atoms with van der Waals surface area (Å²) in [4.78, 5) is 39.3. The van der Waals surface area contributed by atoms with Gasteiger partial charge in [-0.25, -0.2) is 5.43 Å². The van der Waals surface area contributed by atoms with E-state index >= 15 is 0 Å². The highest BCUT2D eigenvalue weighted by atomic mass is 16.5. The van der Waals surface area contributed by atoms with Gasteiger partial charge in [-0.15, -0.1) is 0 Å². The van der Waals surface area contributed by atoms with E-state index in [1.54, 1.807) is 16.9 Å². The predicted molar refractivity (Wildman–Crippen MR) is 99.0 cm³/mol. The Morgan fingerprint density at radius 2 is 2.11 bits per heavy atom. The third-order valence-corrected chi connectivity index (χ3v) is 4.79. The molecule has 0 atom stereocenters. The molecule has 144 valence electrons. The number of nitrogens with one attached hydrogen (secondary N) is 1. The number of hydrogen-bond acceptors (Lipinski definition) is 5. The number of rotatable bonds is 6. The molecule has 0 aromatic heterocycles. The summed E-state index contributed by atoms with van der Waals surface area (Å²) in [5.41, 5.74) is 4.26. The van der Waals surface area contributed by atoms with Crippen molar-refractivity contribution in [2.75, 3.05) is 26.7 Å². The molecule has 1 N–H and O–H groups in total. The van der Waals surface area contributed by atoms with Gasteiger partial charge in [0.2, 0.25) is 17.7 Å². The molecule has 0 aliphatic carbocycles. The van der Waals surface area contributed by atoms with Gasteiger partial charge in [0, 0.05) is 38.2 Å². The molecule has 2 heterocycles. The van der Waals surface area contributed by atoms with E-state index in [4.69, 9.17) is 4.74 Å². The fourth-order valence-corrected chi connectivity index (χ4v) is 3.18. The van der Waals surface area contributed by atoms with Crippen molar-refractivity contribution in [3.8, 4) is 5.75 Å². The Morgan fingerprint density at radius 1 is 1.26 bits per heavy atom. The van der Waals surface area contributed by atoms with Crippen LogP contribution < -0.4 is 10.2 Å². The topological polar surface area (TPSA) is 91.3 Å². The highest BCUT2D eigenvalue weighted by Crippen LogP contribution is 2.16. The number of benzene rings is 1. The molecule has 0 spiro atoms. The van der Waals surface area contributed by atoms with Crippen LogP contribution in [-0.4, -0.2) is 60.0 Å². The molecule has 27 heavy (non-hydrogen) atoms. The standard InChI is InChI=1S/C19H24N4O4/c1-27-16-4-2-3-14(11-16)12-22-9-10-23(13-19(22)26)18(25)8-6-15-5-7-17(24)21-20-15/h2-4,11H,5-10,12-13H2,1H3,(H,21,24). The zero-order valence-corrected chi connectivity index (χ0v) is 15.4. The Hall–Kier alpha value is -2.90. The second-order valence-corrected chi connectivity index (χ2v) is 6.70. The zero-order chi connectivity index (χ0) is 19.2. The Morgan fingerprint density at radius 3 is 2.81 bits per heavy atom. The molecule has 8 nitrogen and oxygen atoms in total. The first kappa shape index (κ1) is 18.9. The summed E-state index contributed by atoms with van der Waals surface area (Å²) in [6.07, 6.45) is 1.82. The van der Waals surface area contributed by atoms with Gasteiger partial charge >= 0.3 is 0 Å². The first-order valence-corrected chi connectivity index (χ1v) is 9.08. The molecule has 0 unspecified atom stereocenters. The van der Waals surface area contributed by atoms with Crippen molar-refractivity contribution < 1.29 is 19.1 Å². The molecule has 1 saturated heterocycles. The minimum absolute atomic E-state index is 0.0519. The molecule has 3 rings (SSSR count). The fourth-order valence-electron chi connectivity index (χ4n) is 3.18. The zero-order valence-electron chi connectivity index (χ0n) is 15.4. The largest absolute Gasteiger partial charge is 0.497 e. The quantitative estimate of drug-likeness (QED) is 0.804. The minimum atomic E-state index is -0.0946. The Labute approximate surface area is 158 Å². The van der Waals surface area contributed by atoms with Gasteiger partial charge in [0.05, 0.1) is 13.7 Å².